The molecular formula is C20H20ClN3O2. The van der Waals surface area contributed by atoms with Crippen LogP contribution in [0.1, 0.15) is 65.8 Å². The maximum absolute atomic E-state index is 13.0. The van der Waals surface area contributed by atoms with E-state index in [4.69, 9.17) is 11.6 Å². The van der Waals surface area contributed by atoms with Gasteiger partial charge in [-0.1, -0.05) is 11.6 Å². The Balaban J connectivity index is 1.78. The summed E-state index contributed by atoms with van der Waals surface area (Å²) < 4.78 is 0. The molecule has 6 heteroatoms. The summed E-state index contributed by atoms with van der Waals surface area (Å²) in [6.45, 7) is 3.53. The van der Waals surface area contributed by atoms with Crippen molar-refractivity contribution in [2.75, 3.05) is 4.90 Å². The summed E-state index contributed by atoms with van der Waals surface area (Å²) in [5.41, 5.74) is 4.58. The van der Waals surface area contributed by atoms with E-state index in [1.54, 1.807) is 18.3 Å². The van der Waals surface area contributed by atoms with E-state index in [0.29, 0.717) is 10.6 Å². The number of anilines is 1. The van der Waals surface area contributed by atoms with E-state index < -0.39 is 0 Å². The van der Waals surface area contributed by atoms with Crippen LogP contribution in [0.5, 0.6) is 0 Å². The van der Waals surface area contributed by atoms with E-state index >= 15 is 0 Å². The molecule has 2 heterocycles. The summed E-state index contributed by atoms with van der Waals surface area (Å²) in [5, 5.41) is 3.63. The minimum absolute atomic E-state index is 0.0268. The molecule has 0 saturated heterocycles. The smallest absolute Gasteiger partial charge is 0.259 e. The first kappa shape index (κ1) is 17.0. The lowest BCUT2D eigenvalue weighted by Crippen LogP contribution is -2.32. The SMILES string of the molecule is CC(=O)NC1CCCc2c1cncc2N1C(=O)c2ccc(Cl)cc2C1C. The monoisotopic (exact) mass is 369 g/mol. The summed E-state index contributed by atoms with van der Waals surface area (Å²) in [6, 6.07) is 5.25. The van der Waals surface area contributed by atoms with Crippen LogP contribution in [0, 0.1) is 0 Å². The number of hydrogen-bond acceptors (Lipinski definition) is 3. The topological polar surface area (TPSA) is 62.3 Å². The zero-order valence-electron chi connectivity index (χ0n) is 14.8. The number of hydrogen-bond donors (Lipinski definition) is 1. The molecule has 0 radical (unpaired) electrons. The number of pyridine rings is 1. The number of aromatic nitrogens is 1. The van der Waals surface area contributed by atoms with Gasteiger partial charge in [-0.3, -0.25) is 19.5 Å². The minimum atomic E-state index is -0.106. The molecule has 1 N–H and O–H groups in total. The van der Waals surface area contributed by atoms with E-state index in [1.165, 1.54) is 6.92 Å². The van der Waals surface area contributed by atoms with Crippen LogP contribution in [0.25, 0.3) is 0 Å². The largest absolute Gasteiger partial charge is 0.349 e. The number of rotatable bonds is 2. The Morgan fingerprint density at radius 3 is 2.88 bits per heavy atom. The Bertz CT molecular complexity index is 912. The van der Waals surface area contributed by atoms with Gasteiger partial charge < -0.3 is 5.32 Å². The predicted octanol–water partition coefficient (Wildman–Crippen LogP) is 3.97. The van der Waals surface area contributed by atoms with E-state index in [9.17, 15) is 9.59 Å². The van der Waals surface area contributed by atoms with E-state index in [1.807, 2.05) is 24.1 Å². The van der Waals surface area contributed by atoms with E-state index in [-0.39, 0.29) is 23.9 Å². The van der Waals surface area contributed by atoms with E-state index in [0.717, 1.165) is 41.6 Å². The van der Waals surface area contributed by atoms with Gasteiger partial charge in [-0.2, -0.15) is 0 Å². The third-order valence-electron chi connectivity index (χ3n) is 5.30. The molecule has 5 nitrogen and oxygen atoms in total. The lowest BCUT2D eigenvalue weighted by molar-refractivity contribution is -0.119. The lowest BCUT2D eigenvalue weighted by atomic mass is 9.87. The summed E-state index contributed by atoms with van der Waals surface area (Å²) in [5.74, 6) is -0.0815. The highest BCUT2D eigenvalue weighted by Crippen LogP contribution is 2.42. The molecule has 1 aromatic carbocycles. The second-order valence-electron chi connectivity index (χ2n) is 6.95. The average molecular weight is 370 g/mol. The quantitative estimate of drug-likeness (QED) is 0.871. The maximum atomic E-state index is 13.0. The number of fused-ring (bicyclic) bond motifs is 2. The number of amides is 2. The van der Waals surface area contributed by atoms with Crippen LogP contribution in [0.3, 0.4) is 0 Å². The van der Waals surface area contributed by atoms with Crippen molar-refractivity contribution in [2.24, 2.45) is 0 Å². The van der Waals surface area contributed by atoms with Crippen LogP contribution in [-0.2, 0) is 11.2 Å². The van der Waals surface area contributed by atoms with Gasteiger partial charge in [0.15, 0.2) is 0 Å². The fourth-order valence-corrected chi connectivity index (χ4v) is 4.32. The second kappa shape index (κ2) is 6.40. The molecular weight excluding hydrogens is 350 g/mol. The molecule has 134 valence electrons. The molecule has 2 amide bonds. The van der Waals surface area contributed by atoms with Crippen molar-refractivity contribution in [1.29, 1.82) is 0 Å². The van der Waals surface area contributed by atoms with Crippen LogP contribution < -0.4 is 10.2 Å². The lowest BCUT2D eigenvalue weighted by Gasteiger charge is -2.31. The first-order valence-electron chi connectivity index (χ1n) is 8.84. The highest BCUT2D eigenvalue weighted by molar-refractivity contribution is 6.31. The molecule has 1 aliphatic heterocycles. The normalized spacial score (nSPS) is 21.3. The third kappa shape index (κ3) is 2.67. The number of benzene rings is 1. The Labute approximate surface area is 157 Å². The van der Waals surface area contributed by atoms with Crippen molar-refractivity contribution >= 4 is 29.1 Å². The Morgan fingerprint density at radius 2 is 2.12 bits per heavy atom. The van der Waals surface area contributed by atoms with Gasteiger partial charge in [0.1, 0.15) is 0 Å². The van der Waals surface area contributed by atoms with Crippen molar-refractivity contribution < 1.29 is 9.59 Å². The zero-order valence-corrected chi connectivity index (χ0v) is 15.5. The maximum Gasteiger partial charge on any atom is 0.259 e. The molecule has 0 fully saturated rings. The molecule has 0 spiro atoms. The predicted molar refractivity (Wildman–Crippen MR) is 100 cm³/mol. The third-order valence-corrected chi connectivity index (χ3v) is 5.54. The molecule has 1 aromatic heterocycles. The molecule has 0 saturated carbocycles. The number of carbonyl (C=O) groups excluding carboxylic acids is 2. The van der Waals surface area contributed by atoms with Crippen molar-refractivity contribution in [3.05, 3.63) is 57.9 Å². The second-order valence-corrected chi connectivity index (χ2v) is 7.39. The standard InChI is InChI=1S/C20H20ClN3O2/c1-11-16-8-13(21)6-7-15(16)20(26)24(11)19-10-22-9-17-14(19)4-3-5-18(17)23-12(2)25/h6-11,18H,3-5H2,1-2H3,(H,23,25). The number of halogens is 1. The number of carbonyl (C=O) groups is 2. The Hall–Kier alpha value is -2.40. The molecule has 1 aliphatic carbocycles. The molecule has 2 atom stereocenters. The van der Waals surface area contributed by atoms with Gasteiger partial charge in [0.25, 0.3) is 5.91 Å². The molecule has 2 unspecified atom stereocenters. The first-order chi connectivity index (χ1) is 12.5. The van der Waals surface area contributed by atoms with E-state index in [2.05, 4.69) is 10.3 Å². The molecule has 2 aromatic rings. The summed E-state index contributed by atoms with van der Waals surface area (Å²) in [6.07, 6.45) is 6.29. The Kier molecular flexibility index (Phi) is 4.19. The van der Waals surface area contributed by atoms with Crippen molar-refractivity contribution in [1.82, 2.24) is 10.3 Å². The van der Waals surface area contributed by atoms with Crippen LogP contribution in [0.2, 0.25) is 5.02 Å². The molecule has 4 rings (SSSR count). The van der Waals surface area contributed by atoms with Crippen molar-refractivity contribution in [3.63, 3.8) is 0 Å². The molecule has 26 heavy (non-hydrogen) atoms. The summed E-state index contributed by atoms with van der Waals surface area (Å²) in [4.78, 5) is 30.8. The highest BCUT2D eigenvalue weighted by atomic mass is 35.5. The van der Waals surface area contributed by atoms with Gasteiger partial charge in [0.05, 0.1) is 24.0 Å². The van der Waals surface area contributed by atoms with Gasteiger partial charge >= 0.3 is 0 Å². The van der Waals surface area contributed by atoms with Gasteiger partial charge in [0, 0.05) is 23.7 Å². The van der Waals surface area contributed by atoms with Crippen molar-refractivity contribution in [2.45, 2.75) is 45.2 Å². The number of nitrogens with one attached hydrogen (secondary N) is 1. The number of nitrogens with zero attached hydrogens (tertiary/aromatic N) is 2. The van der Waals surface area contributed by atoms with Gasteiger partial charge in [0.2, 0.25) is 5.91 Å². The zero-order chi connectivity index (χ0) is 18.4. The first-order valence-corrected chi connectivity index (χ1v) is 9.22. The molecule has 0 bridgehead atoms. The average Bonchev–Trinajstić information content (AvgIpc) is 2.85. The van der Waals surface area contributed by atoms with Crippen molar-refractivity contribution in [3.8, 4) is 0 Å². The van der Waals surface area contributed by atoms with Crippen LogP contribution in [0.15, 0.2) is 30.6 Å². The summed E-state index contributed by atoms with van der Waals surface area (Å²) >= 11 is 6.13. The van der Waals surface area contributed by atoms with Crippen LogP contribution in [-0.4, -0.2) is 16.8 Å². The van der Waals surface area contributed by atoms with Gasteiger partial charge in [-0.25, -0.2) is 0 Å². The van der Waals surface area contributed by atoms with Crippen LogP contribution >= 0.6 is 11.6 Å². The fourth-order valence-electron chi connectivity index (χ4n) is 4.14. The van der Waals surface area contributed by atoms with Gasteiger partial charge in [-0.15, -0.1) is 0 Å². The fraction of sp³-hybridized carbons (Fsp3) is 0.350. The van der Waals surface area contributed by atoms with Gasteiger partial charge in [-0.05, 0) is 61.1 Å². The highest BCUT2D eigenvalue weighted by Gasteiger charge is 2.37. The molecule has 2 aliphatic rings. The Morgan fingerprint density at radius 1 is 1.31 bits per heavy atom. The minimum Gasteiger partial charge on any atom is -0.349 e. The van der Waals surface area contributed by atoms with Crippen LogP contribution in [0.4, 0.5) is 5.69 Å². The summed E-state index contributed by atoms with van der Waals surface area (Å²) in [7, 11) is 0.